The van der Waals surface area contributed by atoms with Crippen LogP contribution in [0, 0.1) is 0 Å². The summed E-state index contributed by atoms with van der Waals surface area (Å²) in [6.45, 7) is 5.57. The zero-order valence-corrected chi connectivity index (χ0v) is 15.8. The van der Waals surface area contributed by atoms with Crippen LogP contribution in [0.4, 0.5) is 5.69 Å². The Labute approximate surface area is 158 Å². The van der Waals surface area contributed by atoms with E-state index in [0.717, 1.165) is 6.42 Å². The Morgan fingerprint density at radius 2 is 1.73 bits per heavy atom. The molecule has 0 saturated carbocycles. The minimum Gasteiger partial charge on any atom is -0.481 e. The summed E-state index contributed by atoms with van der Waals surface area (Å²) in [6.07, 6.45) is 0.0912. The van der Waals surface area contributed by atoms with Crippen LogP contribution in [0.25, 0.3) is 0 Å². The Hall–Kier alpha value is -2.53. The molecule has 2 atom stereocenters. The second-order valence-electron chi connectivity index (χ2n) is 6.03. The average molecular weight is 375 g/mol. The predicted molar refractivity (Wildman–Crippen MR) is 104 cm³/mol. The largest absolute Gasteiger partial charge is 0.481 e. The van der Waals surface area contributed by atoms with Crippen molar-refractivity contribution in [3.8, 4) is 5.75 Å². The lowest BCUT2D eigenvalue weighted by molar-refractivity contribution is -0.122. The van der Waals surface area contributed by atoms with Crippen molar-refractivity contribution in [2.75, 3.05) is 5.32 Å². The van der Waals surface area contributed by atoms with E-state index in [9.17, 15) is 9.59 Å². The van der Waals surface area contributed by atoms with Gasteiger partial charge in [0.05, 0.1) is 11.3 Å². The van der Waals surface area contributed by atoms with Crippen molar-refractivity contribution in [3.63, 3.8) is 0 Å². The lowest BCUT2D eigenvalue weighted by Gasteiger charge is -2.17. The van der Waals surface area contributed by atoms with Crippen molar-refractivity contribution in [3.05, 3.63) is 59.1 Å². The first kappa shape index (κ1) is 19.8. The number of anilines is 1. The quantitative estimate of drug-likeness (QED) is 0.760. The summed E-state index contributed by atoms with van der Waals surface area (Å²) >= 11 is 5.84. The van der Waals surface area contributed by atoms with Gasteiger partial charge in [0.15, 0.2) is 6.10 Å². The normalized spacial score (nSPS) is 12.8. The van der Waals surface area contributed by atoms with E-state index in [1.807, 2.05) is 13.8 Å². The van der Waals surface area contributed by atoms with E-state index < -0.39 is 6.10 Å². The lowest BCUT2D eigenvalue weighted by atomic mass is 10.1. The van der Waals surface area contributed by atoms with Crippen molar-refractivity contribution in [1.29, 1.82) is 0 Å². The first-order valence-corrected chi connectivity index (χ1v) is 8.91. The van der Waals surface area contributed by atoms with Gasteiger partial charge in [-0.05, 0) is 56.7 Å². The van der Waals surface area contributed by atoms with Gasteiger partial charge < -0.3 is 15.4 Å². The molecule has 0 saturated heterocycles. The van der Waals surface area contributed by atoms with Gasteiger partial charge >= 0.3 is 0 Å². The lowest BCUT2D eigenvalue weighted by Crippen LogP contribution is -2.34. The summed E-state index contributed by atoms with van der Waals surface area (Å²) in [5, 5.41) is 6.26. The van der Waals surface area contributed by atoms with Gasteiger partial charge in [-0.1, -0.05) is 30.7 Å². The van der Waals surface area contributed by atoms with E-state index in [2.05, 4.69) is 10.6 Å². The second-order valence-corrected chi connectivity index (χ2v) is 6.47. The van der Waals surface area contributed by atoms with Crippen LogP contribution in [0.3, 0.4) is 0 Å². The SMILES string of the molecule is CC[C@@H](C)NC(=O)c1ccccc1NC(=O)[C@H](C)Oc1ccc(Cl)cc1. The van der Waals surface area contributed by atoms with E-state index in [4.69, 9.17) is 16.3 Å². The zero-order valence-electron chi connectivity index (χ0n) is 15.1. The smallest absolute Gasteiger partial charge is 0.265 e. The number of benzene rings is 2. The number of rotatable bonds is 7. The number of hydrogen-bond acceptors (Lipinski definition) is 3. The number of halogens is 1. The molecule has 2 amide bonds. The number of hydrogen-bond donors (Lipinski definition) is 2. The number of amides is 2. The van der Waals surface area contributed by atoms with Gasteiger partial charge in [-0.2, -0.15) is 0 Å². The monoisotopic (exact) mass is 374 g/mol. The highest BCUT2D eigenvalue weighted by Gasteiger charge is 2.19. The van der Waals surface area contributed by atoms with E-state index in [1.54, 1.807) is 55.5 Å². The van der Waals surface area contributed by atoms with Crippen LogP contribution in [0.15, 0.2) is 48.5 Å². The Kier molecular flexibility index (Phi) is 7.04. The molecular weight excluding hydrogens is 352 g/mol. The summed E-state index contributed by atoms with van der Waals surface area (Å²) in [5.41, 5.74) is 0.865. The number of para-hydroxylation sites is 1. The standard InChI is InChI=1S/C20H23ClN2O3/c1-4-13(2)22-20(25)17-7-5-6-8-18(17)23-19(24)14(3)26-16-11-9-15(21)10-12-16/h5-14H,4H2,1-3H3,(H,22,25)(H,23,24)/t13-,14+/m1/s1. The molecule has 0 aromatic heterocycles. The molecule has 6 heteroatoms. The molecule has 0 fully saturated rings. The summed E-state index contributed by atoms with van der Waals surface area (Å²) in [4.78, 5) is 24.8. The molecule has 2 aromatic carbocycles. The van der Waals surface area contributed by atoms with Crippen LogP contribution in [-0.4, -0.2) is 24.0 Å². The maximum Gasteiger partial charge on any atom is 0.265 e. The van der Waals surface area contributed by atoms with Crippen LogP contribution >= 0.6 is 11.6 Å². The molecular formula is C20H23ClN2O3. The Balaban J connectivity index is 2.06. The average Bonchev–Trinajstić information content (AvgIpc) is 2.63. The highest BCUT2D eigenvalue weighted by atomic mass is 35.5. The van der Waals surface area contributed by atoms with E-state index in [1.165, 1.54) is 0 Å². The highest BCUT2D eigenvalue weighted by Crippen LogP contribution is 2.19. The van der Waals surface area contributed by atoms with Crippen molar-refractivity contribution < 1.29 is 14.3 Å². The highest BCUT2D eigenvalue weighted by molar-refractivity contribution is 6.30. The van der Waals surface area contributed by atoms with Gasteiger partial charge in [0.25, 0.3) is 11.8 Å². The minimum absolute atomic E-state index is 0.0541. The topological polar surface area (TPSA) is 67.4 Å². The van der Waals surface area contributed by atoms with Gasteiger partial charge in [0, 0.05) is 11.1 Å². The fraction of sp³-hybridized carbons (Fsp3) is 0.300. The van der Waals surface area contributed by atoms with Crippen molar-refractivity contribution in [2.45, 2.75) is 39.3 Å². The van der Waals surface area contributed by atoms with Gasteiger partial charge in [0.1, 0.15) is 5.75 Å². The van der Waals surface area contributed by atoms with E-state index in [0.29, 0.717) is 22.0 Å². The first-order valence-electron chi connectivity index (χ1n) is 8.53. The third-order valence-corrected chi connectivity index (χ3v) is 4.17. The van der Waals surface area contributed by atoms with Crippen molar-refractivity contribution in [1.82, 2.24) is 5.32 Å². The van der Waals surface area contributed by atoms with Gasteiger partial charge in [-0.15, -0.1) is 0 Å². The maximum absolute atomic E-state index is 12.4. The number of carbonyl (C=O) groups is 2. The number of nitrogens with one attached hydrogen (secondary N) is 2. The fourth-order valence-electron chi connectivity index (χ4n) is 2.20. The molecule has 0 unspecified atom stereocenters. The van der Waals surface area contributed by atoms with Crippen LogP contribution in [0.5, 0.6) is 5.75 Å². The summed E-state index contributed by atoms with van der Waals surface area (Å²) in [6, 6.07) is 13.7. The molecule has 2 rings (SSSR count). The number of carbonyl (C=O) groups excluding carboxylic acids is 2. The molecule has 2 N–H and O–H groups in total. The first-order chi connectivity index (χ1) is 12.4. The molecule has 0 spiro atoms. The minimum atomic E-state index is -0.734. The van der Waals surface area contributed by atoms with Gasteiger partial charge in [-0.25, -0.2) is 0 Å². The molecule has 0 heterocycles. The molecule has 0 aliphatic heterocycles. The van der Waals surface area contributed by atoms with Crippen molar-refractivity contribution >= 4 is 29.1 Å². The van der Waals surface area contributed by atoms with Crippen molar-refractivity contribution in [2.24, 2.45) is 0 Å². The Morgan fingerprint density at radius 3 is 2.38 bits per heavy atom. The molecule has 0 bridgehead atoms. The third-order valence-electron chi connectivity index (χ3n) is 3.92. The molecule has 2 aromatic rings. The molecule has 0 aliphatic carbocycles. The molecule has 138 valence electrons. The third kappa shape index (κ3) is 5.49. The van der Waals surface area contributed by atoms with Crippen LogP contribution in [0.1, 0.15) is 37.6 Å². The second kappa shape index (κ2) is 9.25. The molecule has 0 radical (unpaired) electrons. The molecule has 0 aliphatic rings. The van der Waals surface area contributed by atoms with E-state index in [-0.39, 0.29) is 17.9 Å². The molecule has 5 nitrogen and oxygen atoms in total. The predicted octanol–water partition coefficient (Wildman–Crippen LogP) is 4.27. The fourth-order valence-corrected chi connectivity index (χ4v) is 2.32. The summed E-state index contributed by atoms with van der Waals surface area (Å²) in [5.74, 6) is -0.0230. The summed E-state index contributed by atoms with van der Waals surface area (Å²) in [7, 11) is 0. The number of ether oxygens (including phenoxy) is 1. The van der Waals surface area contributed by atoms with Gasteiger partial charge in [0.2, 0.25) is 0 Å². The Bertz CT molecular complexity index is 762. The van der Waals surface area contributed by atoms with Crippen LogP contribution in [0.2, 0.25) is 5.02 Å². The van der Waals surface area contributed by atoms with Crippen LogP contribution < -0.4 is 15.4 Å². The molecule has 26 heavy (non-hydrogen) atoms. The maximum atomic E-state index is 12.4. The summed E-state index contributed by atoms with van der Waals surface area (Å²) < 4.78 is 5.61. The Morgan fingerprint density at radius 1 is 1.08 bits per heavy atom. The van der Waals surface area contributed by atoms with Gasteiger partial charge in [-0.3, -0.25) is 9.59 Å². The zero-order chi connectivity index (χ0) is 19.1. The van der Waals surface area contributed by atoms with Crippen LogP contribution in [-0.2, 0) is 4.79 Å². The van der Waals surface area contributed by atoms with E-state index >= 15 is 0 Å².